The highest BCUT2D eigenvalue weighted by Crippen LogP contribution is 2.29. The Morgan fingerprint density at radius 2 is 1.97 bits per heavy atom. The quantitative estimate of drug-likeness (QED) is 0.668. The first-order chi connectivity index (χ1) is 14.7. The van der Waals surface area contributed by atoms with E-state index in [9.17, 15) is 13.2 Å². The second-order valence-electron chi connectivity index (χ2n) is 7.28. The highest BCUT2D eigenvalue weighted by Gasteiger charge is 2.22. The first kappa shape index (κ1) is 22.6. The van der Waals surface area contributed by atoms with Crippen LogP contribution in [0.25, 0.3) is 0 Å². The number of amides is 1. The molecule has 1 aromatic carbocycles. The summed E-state index contributed by atoms with van der Waals surface area (Å²) in [7, 11) is 0.403. The van der Waals surface area contributed by atoms with Gasteiger partial charge in [-0.05, 0) is 49.3 Å². The average Bonchev–Trinajstić information content (AvgIpc) is 3.13. The van der Waals surface area contributed by atoms with Crippen LogP contribution in [0.4, 0.5) is 0 Å². The third-order valence-electron chi connectivity index (χ3n) is 4.95. The van der Waals surface area contributed by atoms with E-state index < -0.39 is 16.1 Å². The molecule has 0 fully saturated rings. The molecule has 1 aliphatic rings. The van der Waals surface area contributed by atoms with E-state index in [1.807, 2.05) is 41.1 Å². The van der Waals surface area contributed by atoms with Crippen molar-refractivity contribution in [3.8, 4) is 5.75 Å². The predicted octanol–water partition coefficient (Wildman–Crippen LogP) is 3.28. The van der Waals surface area contributed by atoms with Gasteiger partial charge in [0.1, 0.15) is 23.9 Å². The molecule has 9 heteroatoms. The molecule has 0 saturated carbocycles. The van der Waals surface area contributed by atoms with E-state index in [1.54, 1.807) is 14.0 Å². The molecular formula is C22H26N2O6S. The highest BCUT2D eigenvalue weighted by molar-refractivity contribution is 7.87. The molecule has 2 aromatic rings. The minimum atomic E-state index is -3.89. The Labute approximate surface area is 182 Å². The number of aryl methyl sites for hydroxylation is 1. The Morgan fingerprint density at radius 3 is 2.55 bits per heavy atom. The summed E-state index contributed by atoms with van der Waals surface area (Å²) in [4.78, 5) is 12.2. The molecule has 1 amide bonds. The van der Waals surface area contributed by atoms with Crippen LogP contribution >= 0.6 is 0 Å². The molecular weight excluding hydrogens is 420 g/mol. The van der Waals surface area contributed by atoms with Crippen molar-refractivity contribution in [2.45, 2.75) is 25.9 Å². The van der Waals surface area contributed by atoms with Gasteiger partial charge in [0.2, 0.25) is 0 Å². The van der Waals surface area contributed by atoms with Crippen molar-refractivity contribution in [2.24, 2.45) is 0 Å². The van der Waals surface area contributed by atoms with Gasteiger partial charge in [0.15, 0.2) is 5.76 Å². The molecule has 0 saturated heterocycles. The van der Waals surface area contributed by atoms with Gasteiger partial charge in [0, 0.05) is 25.6 Å². The highest BCUT2D eigenvalue weighted by atomic mass is 32.2. The molecule has 1 unspecified atom stereocenters. The maximum Gasteiger partial charge on any atom is 0.303 e. The molecule has 166 valence electrons. The zero-order valence-corrected chi connectivity index (χ0v) is 18.7. The summed E-state index contributed by atoms with van der Waals surface area (Å²) in [5, 5.41) is 0. The predicted molar refractivity (Wildman–Crippen MR) is 116 cm³/mol. The van der Waals surface area contributed by atoms with Crippen LogP contribution in [0.1, 0.15) is 39.8 Å². The van der Waals surface area contributed by atoms with Gasteiger partial charge in [-0.3, -0.25) is 4.79 Å². The van der Waals surface area contributed by atoms with E-state index in [1.165, 1.54) is 25.7 Å². The van der Waals surface area contributed by atoms with Gasteiger partial charge in [-0.15, -0.1) is 0 Å². The fraction of sp³-hybridized carbons (Fsp3) is 0.318. The number of benzene rings is 1. The number of hydrogen-bond acceptors (Lipinski definition) is 6. The number of methoxy groups -OCH3 is 1. The topological polar surface area (TPSA) is 98.1 Å². The van der Waals surface area contributed by atoms with E-state index in [0.717, 1.165) is 22.2 Å². The van der Waals surface area contributed by atoms with Gasteiger partial charge < -0.3 is 13.9 Å². The third-order valence-corrected chi connectivity index (χ3v) is 6.36. The lowest BCUT2D eigenvalue weighted by molar-refractivity contribution is 0.0951. The number of nitrogens with zero attached hydrogens (tertiary/aromatic N) is 1. The summed E-state index contributed by atoms with van der Waals surface area (Å²) in [6.07, 6.45) is 6.83. The van der Waals surface area contributed by atoms with E-state index in [4.69, 9.17) is 13.9 Å². The van der Waals surface area contributed by atoms with Crippen LogP contribution in [0.15, 0.2) is 58.7 Å². The standard InChI is InChI=1S/C22H26N2O6S/c1-15-18(13-21(30-15)22(25)23-31(26,27)24(2)3)14-29-20-11-7-17(8-12-20)16-5-9-19(28-4)10-6-16/h5-7,9-13,17H,8,14H2,1-4H3,(H,23,25). The lowest BCUT2D eigenvalue weighted by Gasteiger charge is -2.17. The van der Waals surface area contributed by atoms with Crippen LogP contribution in [0.3, 0.4) is 0 Å². The zero-order chi connectivity index (χ0) is 22.6. The van der Waals surface area contributed by atoms with Gasteiger partial charge >= 0.3 is 16.1 Å². The van der Waals surface area contributed by atoms with Crippen LogP contribution in [-0.2, 0) is 21.6 Å². The van der Waals surface area contributed by atoms with Crippen LogP contribution in [0.5, 0.6) is 5.75 Å². The molecule has 3 rings (SSSR count). The van der Waals surface area contributed by atoms with Crippen LogP contribution < -0.4 is 9.46 Å². The molecule has 0 aliphatic heterocycles. The molecule has 0 bridgehead atoms. The number of ether oxygens (including phenoxy) is 2. The number of carbonyl (C=O) groups is 1. The SMILES string of the molecule is COc1ccc(C2C=CC(OCc3cc(C(=O)NS(=O)(=O)N(C)C)oc3C)=CC2)cc1. The Balaban J connectivity index is 1.58. The van der Waals surface area contributed by atoms with E-state index in [2.05, 4.69) is 6.08 Å². The summed E-state index contributed by atoms with van der Waals surface area (Å²) in [6.45, 7) is 1.90. The minimum absolute atomic E-state index is 0.0886. The van der Waals surface area contributed by atoms with Gasteiger partial charge in [-0.25, -0.2) is 4.72 Å². The van der Waals surface area contributed by atoms with Crippen molar-refractivity contribution in [2.75, 3.05) is 21.2 Å². The smallest absolute Gasteiger partial charge is 0.303 e. The van der Waals surface area contributed by atoms with Gasteiger partial charge in [-0.1, -0.05) is 18.2 Å². The lowest BCUT2D eigenvalue weighted by atomic mass is 9.92. The second-order valence-corrected chi connectivity index (χ2v) is 9.16. The van der Waals surface area contributed by atoms with Crippen LogP contribution in [-0.4, -0.2) is 39.8 Å². The lowest BCUT2D eigenvalue weighted by Crippen LogP contribution is -2.39. The van der Waals surface area contributed by atoms with Gasteiger partial charge in [0.05, 0.1) is 7.11 Å². The Bertz CT molecular complexity index is 1100. The Hall–Kier alpha value is -3.04. The summed E-state index contributed by atoms with van der Waals surface area (Å²) in [5.41, 5.74) is 1.86. The van der Waals surface area contributed by atoms with Crippen molar-refractivity contribution >= 4 is 16.1 Å². The van der Waals surface area contributed by atoms with Crippen molar-refractivity contribution < 1.29 is 27.1 Å². The Morgan fingerprint density at radius 1 is 1.26 bits per heavy atom. The number of nitrogens with one attached hydrogen (secondary N) is 1. The zero-order valence-electron chi connectivity index (χ0n) is 17.9. The molecule has 1 N–H and O–H groups in total. The molecule has 31 heavy (non-hydrogen) atoms. The van der Waals surface area contributed by atoms with E-state index in [0.29, 0.717) is 11.3 Å². The first-order valence-electron chi connectivity index (χ1n) is 9.68. The third kappa shape index (κ3) is 5.56. The second kappa shape index (κ2) is 9.40. The number of allylic oxidation sites excluding steroid dienone is 3. The normalized spacial score (nSPS) is 16.2. The van der Waals surface area contributed by atoms with Gasteiger partial charge in [-0.2, -0.15) is 12.7 Å². The summed E-state index contributed by atoms with van der Waals surface area (Å²) in [5.74, 6) is 1.39. The van der Waals surface area contributed by atoms with Crippen LogP contribution in [0.2, 0.25) is 0 Å². The molecule has 1 atom stereocenters. The molecule has 8 nitrogen and oxygen atoms in total. The van der Waals surface area contributed by atoms with Crippen LogP contribution in [0, 0.1) is 6.92 Å². The summed E-state index contributed by atoms with van der Waals surface area (Å²) < 4.78 is 42.9. The maximum absolute atomic E-state index is 12.2. The van der Waals surface area contributed by atoms with E-state index in [-0.39, 0.29) is 18.3 Å². The molecule has 1 aromatic heterocycles. The van der Waals surface area contributed by atoms with E-state index >= 15 is 0 Å². The number of hydrogen-bond donors (Lipinski definition) is 1. The summed E-state index contributed by atoms with van der Waals surface area (Å²) in [6, 6.07) is 9.47. The molecule has 1 aliphatic carbocycles. The van der Waals surface area contributed by atoms with Crippen molar-refractivity contribution in [1.82, 2.24) is 9.03 Å². The molecule has 0 spiro atoms. The van der Waals surface area contributed by atoms with Crippen molar-refractivity contribution in [3.63, 3.8) is 0 Å². The van der Waals surface area contributed by atoms with Crippen molar-refractivity contribution in [1.29, 1.82) is 0 Å². The largest absolute Gasteiger partial charge is 0.497 e. The fourth-order valence-corrected chi connectivity index (χ4v) is 3.52. The maximum atomic E-state index is 12.2. The Kier molecular flexibility index (Phi) is 6.87. The average molecular weight is 447 g/mol. The van der Waals surface area contributed by atoms with Crippen molar-refractivity contribution in [3.05, 3.63) is 77.0 Å². The number of carbonyl (C=O) groups excluding carboxylic acids is 1. The number of rotatable bonds is 8. The monoisotopic (exact) mass is 446 g/mol. The molecule has 1 heterocycles. The summed E-state index contributed by atoms with van der Waals surface area (Å²) >= 11 is 0. The number of furan rings is 1. The molecule has 0 radical (unpaired) electrons. The fourth-order valence-electron chi connectivity index (χ4n) is 3.00. The van der Waals surface area contributed by atoms with Gasteiger partial charge in [0.25, 0.3) is 0 Å². The minimum Gasteiger partial charge on any atom is -0.497 e. The first-order valence-corrected chi connectivity index (χ1v) is 11.1.